The monoisotopic (exact) mass is 136 g/mol. The molecule has 2 aliphatic rings. The molecule has 0 N–H and O–H groups in total. The summed E-state index contributed by atoms with van der Waals surface area (Å²) >= 11 is 0. The second-order valence-electron chi connectivity index (χ2n) is 3.91. The molecule has 0 aromatic rings. The molecule has 1 fully saturated rings. The van der Waals surface area contributed by atoms with Crippen molar-refractivity contribution in [2.24, 2.45) is 17.8 Å². The summed E-state index contributed by atoms with van der Waals surface area (Å²) in [5, 5.41) is 0. The maximum Gasteiger partial charge on any atom is -0.0172 e. The van der Waals surface area contributed by atoms with Crippen LogP contribution in [0.1, 0.15) is 33.1 Å². The molecular weight excluding hydrogens is 120 g/mol. The molecule has 0 saturated heterocycles. The number of hydrogen-bond acceptors (Lipinski definition) is 0. The summed E-state index contributed by atoms with van der Waals surface area (Å²) in [7, 11) is 0. The zero-order valence-electron chi connectivity index (χ0n) is 6.93. The van der Waals surface area contributed by atoms with Gasteiger partial charge >= 0.3 is 0 Å². The fraction of sp³-hybridized carbons (Fsp3) is 0.800. The Morgan fingerprint density at radius 2 is 2.30 bits per heavy atom. The van der Waals surface area contributed by atoms with E-state index in [4.69, 9.17) is 0 Å². The van der Waals surface area contributed by atoms with E-state index in [0.717, 1.165) is 17.8 Å². The van der Waals surface area contributed by atoms with Gasteiger partial charge in [-0.15, -0.1) is 0 Å². The van der Waals surface area contributed by atoms with Gasteiger partial charge in [0.1, 0.15) is 0 Å². The van der Waals surface area contributed by atoms with Gasteiger partial charge in [0.15, 0.2) is 0 Å². The van der Waals surface area contributed by atoms with E-state index in [1.165, 1.54) is 19.3 Å². The van der Waals surface area contributed by atoms with E-state index in [9.17, 15) is 0 Å². The van der Waals surface area contributed by atoms with Gasteiger partial charge in [0.2, 0.25) is 0 Å². The van der Waals surface area contributed by atoms with Crippen molar-refractivity contribution in [2.75, 3.05) is 0 Å². The highest BCUT2D eigenvalue weighted by atomic mass is 14.4. The highest BCUT2D eigenvalue weighted by molar-refractivity contribution is 5.20. The molecular formula is C10H16. The van der Waals surface area contributed by atoms with E-state index in [1.807, 2.05) is 0 Å². The molecule has 3 atom stereocenters. The zero-order chi connectivity index (χ0) is 7.14. The molecule has 0 heteroatoms. The lowest BCUT2D eigenvalue weighted by molar-refractivity contribution is 0.462. The fourth-order valence-electron chi connectivity index (χ4n) is 2.76. The topological polar surface area (TPSA) is 0 Å². The van der Waals surface area contributed by atoms with Gasteiger partial charge in [-0.2, -0.15) is 0 Å². The number of rotatable bonds is 1. The molecule has 2 bridgehead atoms. The van der Waals surface area contributed by atoms with Crippen LogP contribution < -0.4 is 0 Å². The Balaban J connectivity index is 2.19. The second kappa shape index (κ2) is 2.11. The summed E-state index contributed by atoms with van der Waals surface area (Å²) in [6.45, 7) is 4.70. The first-order valence-corrected chi connectivity index (χ1v) is 4.52. The summed E-state index contributed by atoms with van der Waals surface area (Å²) < 4.78 is 0. The van der Waals surface area contributed by atoms with Crippen LogP contribution in [0, 0.1) is 17.8 Å². The van der Waals surface area contributed by atoms with Gasteiger partial charge in [0.25, 0.3) is 0 Å². The van der Waals surface area contributed by atoms with Crippen LogP contribution in [0.5, 0.6) is 0 Å². The molecule has 2 rings (SSSR count). The van der Waals surface area contributed by atoms with E-state index >= 15 is 0 Å². The van der Waals surface area contributed by atoms with Crippen LogP contribution in [0.15, 0.2) is 11.6 Å². The molecule has 0 heterocycles. The van der Waals surface area contributed by atoms with Gasteiger partial charge < -0.3 is 0 Å². The quantitative estimate of drug-likeness (QED) is 0.486. The Hall–Kier alpha value is -0.260. The Morgan fingerprint density at radius 3 is 2.70 bits per heavy atom. The van der Waals surface area contributed by atoms with E-state index < -0.39 is 0 Å². The lowest BCUT2D eigenvalue weighted by Crippen LogP contribution is -2.07. The molecule has 0 amide bonds. The van der Waals surface area contributed by atoms with Crippen molar-refractivity contribution in [3.05, 3.63) is 11.6 Å². The molecule has 1 saturated carbocycles. The van der Waals surface area contributed by atoms with E-state index in [-0.39, 0.29) is 0 Å². The van der Waals surface area contributed by atoms with Crippen LogP contribution in [0.2, 0.25) is 0 Å². The lowest BCUT2D eigenvalue weighted by Gasteiger charge is -2.18. The van der Waals surface area contributed by atoms with Gasteiger partial charge in [-0.05, 0) is 37.0 Å². The summed E-state index contributed by atoms with van der Waals surface area (Å²) in [6.07, 6.45) is 6.77. The molecule has 2 aliphatic carbocycles. The largest absolute Gasteiger partial charge is 0.0819 e. The van der Waals surface area contributed by atoms with Gasteiger partial charge in [-0.3, -0.25) is 0 Å². The van der Waals surface area contributed by atoms with E-state index in [0.29, 0.717) is 0 Å². The summed E-state index contributed by atoms with van der Waals surface area (Å²) in [6, 6.07) is 0. The van der Waals surface area contributed by atoms with Gasteiger partial charge in [0, 0.05) is 0 Å². The lowest BCUT2D eigenvalue weighted by atomic mass is 9.88. The molecule has 0 nitrogen and oxygen atoms in total. The molecule has 0 aromatic heterocycles. The maximum absolute atomic E-state index is 2.53. The Labute approximate surface area is 63.3 Å². The third-order valence-corrected chi connectivity index (χ3v) is 3.25. The smallest absolute Gasteiger partial charge is 0.0172 e. The van der Waals surface area contributed by atoms with Crippen molar-refractivity contribution in [2.45, 2.75) is 33.1 Å². The third-order valence-electron chi connectivity index (χ3n) is 3.25. The van der Waals surface area contributed by atoms with Gasteiger partial charge in [-0.25, -0.2) is 0 Å². The molecule has 0 aromatic carbocycles. The summed E-state index contributed by atoms with van der Waals surface area (Å²) in [5.74, 6) is 2.94. The standard InChI is InChI=1S/C10H16/c1-3-9-5-8-4-7(2)10(9)6-8/h5,7-8,10H,3-4,6H2,1-2H3. The molecule has 0 aliphatic heterocycles. The van der Waals surface area contributed by atoms with Crippen molar-refractivity contribution in [3.8, 4) is 0 Å². The number of hydrogen-bond donors (Lipinski definition) is 0. The second-order valence-corrected chi connectivity index (χ2v) is 3.91. The normalized spacial score (nSPS) is 44.2. The average molecular weight is 136 g/mol. The first kappa shape index (κ1) is 6.45. The van der Waals surface area contributed by atoms with Crippen LogP contribution in [0.3, 0.4) is 0 Å². The molecule has 3 unspecified atom stereocenters. The van der Waals surface area contributed by atoms with E-state index in [2.05, 4.69) is 19.9 Å². The predicted octanol–water partition coefficient (Wildman–Crippen LogP) is 3.00. The first-order chi connectivity index (χ1) is 4.81. The predicted molar refractivity (Wildman–Crippen MR) is 43.8 cm³/mol. The highest BCUT2D eigenvalue weighted by Crippen LogP contribution is 2.48. The molecule has 0 radical (unpaired) electrons. The Morgan fingerprint density at radius 1 is 1.50 bits per heavy atom. The Kier molecular flexibility index (Phi) is 1.36. The summed E-state index contributed by atoms with van der Waals surface area (Å²) in [5.41, 5.74) is 1.75. The average Bonchev–Trinajstić information content (AvgIpc) is 2.44. The van der Waals surface area contributed by atoms with Crippen LogP contribution in [-0.4, -0.2) is 0 Å². The van der Waals surface area contributed by atoms with Crippen LogP contribution in [0.4, 0.5) is 0 Å². The fourth-order valence-corrected chi connectivity index (χ4v) is 2.76. The summed E-state index contributed by atoms with van der Waals surface area (Å²) in [4.78, 5) is 0. The minimum atomic E-state index is 0.968. The van der Waals surface area contributed by atoms with Gasteiger partial charge in [-0.1, -0.05) is 25.5 Å². The number of allylic oxidation sites excluding steroid dienone is 2. The SMILES string of the molecule is CCC1=CC2CC(C)C1C2. The molecule has 56 valence electrons. The van der Waals surface area contributed by atoms with Crippen LogP contribution in [0.25, 0.3) is 0 Å². The maximum atomic E-state index is 2.53. The zero-order valence-corrected chi connectivity index (χ0v) is 6.93. The van der Waals surface area contributed by atoms with Crippen molar-refractivity contribution >= 4 is 0 Å². The Bertz CT molecular complexity index is 167. The van der Waals surface area contributed by atoms with Crippen LogP contribution in [-0.2, 0) is 0 Å². The minimum Gasteiger partial charge on any atom is -0.0819 e. The molecule has 0 spiro atoms. The van der Waals surface area contributed by atoms with Crippen molar-refractivity contribution in [1.82, 2.24) is 0 Å². The minimum absolute atomic E-state index is 0.968. The highest BCUT2D eigenvalue weighted by Gasteiger charge is 2.36. The molecule has 10 heavy (non-hydrogen) atoms. The first-order valence-electron chi connectivity index (χ1n) is 4.52. The van der Waals surface area contributed by atoms with Gasteiger partial charge in [0.05, 0.1) is 0 Å². The third kappa shape index (κ3) is 0.744. The van der Waals surface area contributed by atoms with E-state index in [1.54, 1.807) is 5.57 Å². The number of fused-ring (bicyclic) bond motifs is 2. The van der Waals surface area contributed by atoms with Crippen molar-refractivity contribution in [3.63, 3.8) is 0 Å². The van der Waals surface area contributed by atoms with Crippen molar-refractivity contribution in [1.29, 1.82) is 0 Å². The van der Waals surface area contributed by atoms with Crippen molar-refractivity contribution < 1.29 is 0 Å². The van der Waals surface area contributed by atoms with Crippen LogP contribution >= 0.6 is 0 Å².